The van der Waals surface area contributed by atoms with E-state index in [1.54, 1.807) is 19.5 Å². The number of nitrogens with one attached hydrogen (secondary N) is 1. The van der Waals surface area contributed by atoms with Crippen LogP contribution < -0.4 is 5.32 Å². The van der Waals surface area contributed by atoms with Gasteiger partial charge < -0.3 is 10.1 Å². The molecular weight excluding hydrogens is 288 g/mol. The second kappa shape index (κ2) is 14.8. The van der Waals surface area contributed by atoms with Crippen molar-refractivity contribution in [2.75, 3.05) is 20.2 Å². The number of aliphatic imine (C=N–C) groups is 3. The number of rotatable bonds is 12. The Morgan fingerprint density at radius 2 is 2.04 bits per heavy atom. The van der Waals surface area contributed by atoms with Crippen molar-refractivity contribution in [3.63, 3.8) is 0 Å². The summed E-state index contributed by atoms with van der Waals surface area (Å²) in [5, 5.41) is 3.31. The van der Waals surface area contributed by atoms with Crippen molar-refractivity contribution in [3.05, 3.63) is 35.5 Å². The molecule has 0 heterocycles. The maximum Gasteiger partial charge on any atom is 0.179 e. The Balaban J connectivity index is 5.05. The van der Waals surface area contributed by atoms with E-state index in [-0.39, 0.29) is 0 Å². The molecule has 0 fully saturated rings. The molecule has 0 bridgehead atoms. The Bertz CT molecular complexity index is 473. The monoisotopic (exact) mass is 318 g/mol. The Labute approximate surface area is 140 Å². The highest BCUT2D eigenvalue weighted by Gasteiger charge is 2.06. The van der Waals surface area contributed by atoms with Crippen LogP contribution in [0.3, 0.4) is 0 Å². The smallest absolute Gasteiger partial charge is 0.179 e. The average molecular weight is 318 g/mol. The molecule has 0 aromatic carbocycles. The van der Waals surface area contributed by atoms with Crippen molar-refractivity contribution < 1.29 is 4.74 Å². The predicted octanol–water partition coefficient (Wildman–Crippen LogP) is 3.90. The molecule has 0 saturated heterocycles. The number of hydrogen-bond acceptors (Lipinski definition) is 5. The van der Waals surface area contributed by atoms with Crippen molar-refractivity contribution >= 4 is 19.1 Å². The van der Waals surface area contributed by atoms with Gasteiger partial charge in [-0.25, -0.2) is 4.99 Å². The first kappa shape index (κ1) is 20.8. The van der Waals surface area contributed by atoms with E-state index in [1.165, 1.54) is 12.8 Å². The van der Waals surface area contributed by atoms with Crippen LogP contribution in [0.15, 0.2) is 50.5 Å². The van der Waals surface area contributed by atoms with Crippen molar-refractivity contribution in [3.8, 4) is 0 Å². The fourth-order valence-corrected chi connectivity index (χ4v) is 1.70. The van der Waals surface area contributed by atoms with Gasteiger partial charge >= 0.3 is 0 Å². The van der Waals surface area contributed by atoms with Crippen LogP contribution in [0.1, 0.15) is 40.0 Å². The molecule has 5 nitrogen and oxygen atoms in total. The average Bonchev–Trinajstić information content (AvgIpc) is 2.57. The summed E-state index contributed by atoms with van der Waals surface area (Å²) in [7, 11) is 1.70. The van der Waals surface area contributed by atoms with Crippen LogP contribution in [-0.2, 0) is 4.74 Å². The molecule has 0 aliphatic rings. The standard InChI is InChI=1S/C18H30N4O/c1-6-9-11-13-22-18(21-8-3)17(14-19-4)23-15-16(20-5)12-10-7-2/h7-8,10,12,14,22H,5-6,9,11,13,15H2,1-4H3/b10-7-,16-12-,18-17-,19-14-,21-8+. The minimum absolute atomic E-state index is 0.314. The summed E-state index contributed by atoms with van der Waals surface area (Å²) in [4.78, 5) is 12.4. The molecule has 0 aliphatic carbocycles. The highest BCUT2D eigenvalue weighted by molar-refractivity contribution is 5.77. The second-order valence-electron chi connectivity index (χ2n) is 4.75. The minimum Gasteiger partial charge on any atom is -0.482 e. The van der Waals surface area contributed by atoms with Crippen LogP contribution in [0.4, 0.5) is 0 Å². The second-order valence-corrected chi connectivity index (χ2v) is 4.75. The fraction of sp³-hybridized carbons (Fsp3) is 0.500. The number of ether oxygens (including phenoxy) is 1. The van der Waals surface area contributed by atoms with Crippen LogP contribution in [0.5, 0.6) is 0 Å². The van der Waals surface area contributed by atoms with Gasteiger partial charge in [-0.05, 0) is 33.1 Å². The molecule has 0 radical (unpaired) electrons. The number of nitrogens with zero attached hydrogens (tertiary/aromatic N) is 3. The van der Waals surface area contributed by atoms with Crippen LogP contribution >= 0.6 is 0 Å². The lowest BCUT2D eigenvalue weighted by atomic mass is 10.2. The quantitative estimate of drug-likeness (QED) is 0.257. The van der Waals surface area contributed by atoms with Crippen molar-refractivity contribution in [1.29, 1.82) is 0 Å². The van der Waals surface area contributed by atoms with E-state index in [4.69, 9.17) is 4.74 Å². The molecule has 128 valence electrons. The van der Waals surface area contributed by atoms with Crippen molar-refractivity contribution in [2.45, 2.75) is 40.0 Å². The molecule has 0 aliphatic heterocycles. The van der Waals surface area contributed by atoms with Crippen LogP contribution in [0.25, 0.3) is 0 Å². The molecule has 0 saturated carbocycles. The molecule has 0 atom stereocenters. The lowest BCUT2D eigenvalue weighted by Gasteiger charge is -2.12. The summed E-state index contributed by atoms with van der Waals surface area (Å²) >= 11 is 0. The third kappa shape index (κ3) is 10.2. The summed E-state index contributed by atoms with van der Waals surface area (Å²) in [5.41, 5.74) is 0.746. The van der Waals surface area contributed by atoms with E-state index in [0.717, 1.165) is 18.7 Å². The van der Waals surface area contributed by atoms with Crippen molar-refractivity contribution in [1.82, 2.24) is 5.32 Å². The first-order chi connectivity index (χ1) is 11.2. The van der Waals surface area contributed by atoms with E-state index in [1.807, 2.05) is 32.1 Å². The SMILES string of the molecule is C=N/C(=C\C=C/C)COC(/C=N\C)=C(/N=C/C)NCCCCC. The predicted molar refractivity (Wildman–Crippen MR) is 102 cm³/mol. The summed E-state index contributed by atoms with van der Waals surface area (Å²) in [6, 6.07) is 0. The Morgan fingerprint density at radius 1 is 1.26 bits per heavy atom. The highest BCUT2D eigenvalue weighted by Crippen LogP contribution is 2.08. The fourth-order valence-electron chi connectivity index (χ4n) is 1.70. The maximum absolute atomic E-state index is 5.82. The molecule has 0 unspecified atom stereocenters. The summed E-state index contributed by atoms with van der Waals surface area (Å²) in [5.74, 6) is 1.28. The van der Waals surface area contributed by atoms with Gasteiger partial charge in [0.1, 0.15) is 6.61 Å². The third-order valence-electron chi connectivity index (χ3n) is 2.87. The minimum atomic E-state index is 0.314. The first-order valence-electron chi connectivity index (χ1n) is 8.03. The van der Waals surface area contributed by atoms with Gasteiger partial charge in [0.2, 0.25) is 0 Å². The maximum atomic E-state index is 5.82. The Kier molecular flexibility index (Phi) is 13.4. The highest BCUT2D eigenvalue weighted by atomic mass is 16.5. The molecule has 0 rings (SSSR count). The van der Waals surface area contributed by atoms with Gasteiger partial charge in [0.15, 0.2) is 11.6 Å². The normalized spacial score (nSPS) is 13.8. The largest absolute Gasteiger partial charge is 0.482 e. The Morgan fingerprint density at radius 3 is 2.61 bits per heavy atom. The summed E-state index contributed by atoms with van der Waals surface area (Å²) < 4.78 is 5.82. The Hall–Kier alpha value is -2.17. The van der Waals surface area contributed by atoms with E-state index in [0.29, 0.717) is 18.2 Å². The first-order valence-corrected chi connectivity index (χ1v) is 8.03. The summed E-state index contributed by atoms with van der Waals surface area (Å²) in [6.07, 6.45) is 12.5. The van der Waals surface area contributed by atoms with Gasteiger partial charge in [-0.1, -0.05) is 31.9 Å². The molecular formula is C18H30N4O. The lowest BCUT2D eigenvalue weighted by Crippen LogP contribution is -2.17. The molecule has 23 heavy (non-hydrogen) atoms. The van der Waals surface area contributed by atoms with Crippen LogP contribution in [-0.4, -0.2) is 39.3 Å². The van der Waals surface area contributed by atoms with E-state index in [9.17, 15) is 0 Å². The zero-order chi connectivity index (χ0) is 17.3. The topological polar surface area (TPSA) is 58.3 Å². The number of hydrogen-bond donors (Lipinski definition) is 1. The molecule has 0 aromatic rings. The van der Waals surface area contributed by atoms with E-state index in [2.05, 4.69) is 33.9 Å². The summed E-state index contributed by atoms with van der Waals surface area (Å²) in [6.45, 7) is 10.7. The van der Waals surface area contributed by atoms with Crippen LogP contribution in [0.2, 0.25) is 0 Å². The van der Waals surface area contributed by atoms with Gasteiger partial charge in [-0.2, -0.15) is 0 Å². The zero-order valence-electron chi connectivity index (χ0n) is 14.9. The lowest BCUT2D eigenvalue weighted by molar-refractivity contribution is 0.255. The molecule has 1 N–H and O–H groups in total. The van der Waals surface area contributed by atoms with Crippen LogP contribution in [0, 0.1) is 0 Å². The van der Waals surface area contributed by atoms with Gasteiger partial charge in [0.05, 0.1) is 11.9 Å². The van der Waals surface area contributed by atoms with E-state index < -0.39 is 0 Å². The molecule has 0 amide bonds. The molecule has 5 heteroatoms. The van der Waals surface area contributed by atoms with E-state index >= 15 is 0 Å². The van der Waals surface area contributed by atoms with Gasteiger partial charge in [0, 0.05) is 19.8 Å². The number of allylic oxidation sites excluding steroid dienone is 4. The zero-order valence-corrected chi connectivity index (χ0v) is 14.9. The van der Waals surface area contributed by atoms with Gasteiger partial charge in [-0.3, -0.25) is 9.98 Å². The van der Waals surface area contributed by atoms with Gasteiger partial charge in [-0.15, -0.1) is 0 Å². The third-order valence-corrected chi connectivity index (χ3v) is 2.87. The number of unbranched alkanes of at least 4 members (excludes halogenated alkanes) is 2. The van der Waals surface area contributed by atoms with Gasteiger partial charge in [0.25, 0.3) is 0 Å². The molecule has 0 aromatic heterocycles. The van der Waals surface area contributed by atoms with Crippen molar-refractivity contribution in [2.24, 2.45) is 15.0 Å². The molecule has 0 spiro atoms.